The first-order valence-corrected chi connectivity index (χ1v) is 9.32. The Morgan fingerprint density at radius 2 is 2.15 bits per heavy atom. The fourth-order valence-corrected chi connectivity index (χ4v) is 4.17. The topological polar surface area (TPSA) is 85.3 Å². The summed E-state index contributed by atoms with van der Waals surface area (Å²) in [5.41, 5.74) is 0.565. The van der Waals surface area contributed by atoms with Gasteiger partial charge in [0.25, 0.3) is 5.91 Å². The molecule has 142 valence electrons. The molecular weight excluding hydrogens is 344 g/mol. The first-order valence-electron chi connectivity index (χ1n) is 9.32. The van der Waals surface area contributed by atoms with Crippen molar-refractivity contribution in [3.05, 3.63) is 58.1 Å². The van der Waals surface area contributed by atoms with Gasteiger partial charge in [0, 0.05) is 29.8 Å². The minimum atomic E-state index is -0.429. The normalized spacial score (nSPS) is 29.1. The monoisotopic (exact) mass is 368 g/mol. The third-order valence-corrected chi connectivity index (χ3v) is 5.94. The van der Waals surface area contributed by atoms with E-state index >= 15 is 0 Å². The lowest BCUT2D eigenvalue weighted by Crippen LogP contribution is -2.45. The minimum absolute atomic E-state index is 0.0774. The van der Waals surface area contributed by atoms with Gasteiger partial charge in [-0.05, 0) is 25.5 Å². The summed E-state index contributed by atoms with van der Waals surface area (Å²) in [6, 6.07) is 8.93. The molecule has 2 aliphatic rings. The van der Waals surface area contributed by atoms with Gasteiger partial charge in [0.15, 0.2) is 6.23 Å². The quantitative estimate of drug-likeness (QED) is 0.863. The molecule has 3 heterocycles. The number of carbonyl (C=O) groups is 1. The fraction of sp³-hybridized carbons (Fsp3) is 0.450. The van der Waals surface area contributed by atoms with Crippen LogP contribution in [0.15, 0.2) is 41.3 Å². The zero-order valence-corrected chi connectivity index (χ0v) is 15.7. The summed E-state index contributed by atoms with van der Waals surface area (Å²) in [5.74, 6) is 0.302. The van der Waals surface area contributed by atoms with Crippen molar-refractivity contribution in [1.29, 1.82) is 0 Å². The van der Waals surface area contributed by atoms with Crippen LogP contribution in [0.25, 0.3) is 0 Å². The summed E-state index contributed by atoms with van der Waals surface area (Å²) in [4.78, 5) is 29.1. The van der Waals surface area contributed by atoms with E-state index in [0.717, 1.165) is 13.0 Å². The maximum atomic E-state index is 12.7. The van der Waals surface area contributed by atoms with Crippen LogP contribution in [0, 0.1) is 12.8 Å². The molecule has 0 unspecified atom stereocenters. The molecule has 0 spiro atoms. The molecule has 2 N–H and O–H groups in total. The van der Waals surface area contributed by atoms with Crippen LogP contribution in [0.4, 0.5) is 5.82 Å². The van der Waals surface area contributed by atoms with Crippen molar-refractivity contribution in [1.82, 2.24) is 14.9 Å². The standard InChI is InChI=1S/C20H24N4O3/c1-4-20-11-21-15(13(20)3)18(27-20)24-10-12(2)16(23-19(24)26)22-17(25)14-8-6-5-7-9-14/h5-10,13,15,18,21H,4,11H2,1-3H3,(H,22,23,25,26)/t13-,15+,18+,20-/m0/s1. The number of amides is 1. The first kappa shape index (κ1) is 17.9. The largest absolute Gasteiger partial charge is 0.351 e. The highest BCUT2D eigenvalue weighted by atomic mass is 16.5. The lowest BCUT2D eigenvalue weighted by atomic mass is 9.88. The molecule has 0 aliphatic carbocycles. The van der Waals surface area contributed by atoms with Crippen molar-refractivity contribution in [2.24, 2.45) is 5.92 Å². The van der Waals surface area contributed by atoms with Gasteiger partial charge in [0.2, 0.25) is 0 Å². The Balaban J connectivity index is 1.60. The lowest BCUT2D eigenvalue weighted by Gasteiger charge is -2.32. The minimum Gasteiger partial charge on any atom is -0.348 e. The molecule has 1 amide bonds. The Labute approximate surface area is 157 Å². The molecule has 1 aromatic carbocycles. The highest BCUT2D eigenvalue weighted by molar-refractivity contribution is 6.03. The Bertz CT molecular complexity index is 927. The molecule has 2 aliphatic heterocycles. The van der Waals surface area contributed by atoms with E-state index in [-0.39, 0.29) is 29.6 Å². The van der Waals surface area contributed by atoms with Crippen LogP contribution in [0.5, 0.6) is 0 Å². The number of rotatable bonds is 4. The SMILES string of the molecule is CC[C@@]12CN[C@@H]([C@H](n3cc(C)c(NC(=O)c4ccccc4)nc3=O)O1)[C@@H]2C. The molecule has 7 nitrogen and oxygen atoms in total. The van der Waals surface area contributed by atoms with Crippen molar-refractivity contribution in [2.75, 3.05) is 11.9 Å². The Morgan fingerprint density at radius 3 is 2.81 bits per heavy atom. The van der Waals surface area contributed by atoms with Gasteiger partial charge < -0.3 is 15.4 Å². The fourth-order valence-electron chi connectivity index (χ4n) is 4.17. The second-order valence-corrected chi connectivity index (χ2v) is 7.40. The van der Waals surface area contributed by atoms with E-state index < -0.39 is 5.69 Å². The summed E-state index contributed by atoms with van der Waals surface area (Å²) in [5, 5.41) is 6.21. The lowest BCUT2D eigenvalue weighted by molar-refractivity contribution is -0.102. The van der Waals surface area contributed by atoms with Crippen LogP contribution in [0.1, 0.15) is 42.4 Å². The van der Waals surface area contributed by atoms with Gasteiger partial charge >= 0.3 is 5.69 Å². The number of carbonyl (C=O) groups excluding carboxylic acids is 1. The van der Waals surface area contributed by atoms with Gasteiger partial charge in [-0.1, -0.05) is 32.0 Å². The molecule has 2 fully saturated rings. The Morgan fingerprint density at radius 1 is 1.41 bits per heavy atom. The number of morpholine rings is 1. The predicted octanol–water partition coefficient (Wildman–Crippen LogP) is 2.09. The molecule has 4 rings (SSSR count). The van der Waals surface area contributed by atoms with E-state index in [0.29, 0.717) is 17.0 Å². The van der Waals surface area contributed by atoms with Crippen LogP contribution in [-0.2, 0) is 4.74 Å². The molecule has 2 saturated heterocycles. The summed E-state index contributed by atoms with van der Waals surface area (Å²) < 4.78 is 7.83. The highest BCUT2D eigenvalue weighted by Gasteiger charge is 2.57. The number of anilines is 1. The van der Waals surface area contributed by atoms with E-state index in [1.807, 2.05) is 13.0 Å². The van der Waals surface area contributed by atoms with E-state index in [1.165, 1.54) is 4.57 Å². The summed E-state index contributed by atoms with van der Waals surface area (Å²) >= 11 is 0. The van der Waals surface area contributed by atoms with Gasteiger partial charge in [-0.25, -0.2) is 4.79 Å². The van der Waals surface area contributed by atoms with Gasteiger partial charge in [0.05, 0.1) is 11.6 Å². The number of nitrogens with zero attached hydrogens (tertiary/aromatic N) is 2. The summed E-state index contributed by atoms with van der Waals surface area (Å²) in [6.45, 7) is 6.90. The Kier molecular flexibility index (Phi) is 4.36. The van der Waals surface area contributed by atoms with E-state index in [9.17, 15) is 9.59 Å². The third-order valence-electron chi connectivity index (χ3n) is 5.94. The second-order valence-electron chi connectivity index (χ2n) is 7.40. The number of benzene rings is 1. The molecular formula is C20H24N4O3. The Hall–Kier alpha value is -2.51. The highest BCUT2D eigenvalue weighted by Crippen LogP contribution is 2.47. The number of aromatic nitrogens is 2. The van der Waals surface area contributed by atoms with E-state index in [2.05, 4.69) is 29.5 Å². The molecule has 7 heteroatoms. The maximum Gasteiger partial charge on any atom is 0.351 e. The number of ether oxygens (including phenoxy) is 1. The molecule has 27 heavy (non-hydrogen) atoms. The second kappa shape index (κ2) is 6.58. The van der Waals surface area contributed by atoms with Crippen molar-refractivity contribution in [3.8, 4) is 0 Å². The summed E-state index contributed by atoms with van der Waals surface area (Å²) in [6.07, 6.45) is 2.23. The molecule has 1 aromatic heterocycles. The van der Waals surface area contributed by atoms with Gasteiger partial charge in [0.1, 0.15) is 5.82 Å². The molecule has 2 bridgehead atoms. The number of hydrogen-bond acceptors (Lipinski definition) is 5. The molecule has 0 saturated carbocycles. The van der Waals surface area contributed by atoms with Gasteiger partial charge in [-0.2, -0.15) is 4.98 Å². The van der Waals surface area contributed by atoms with E-state index in [4.69, 9.17) is 4.74 Å². The molecule has 0 radical (unpaired) electrons. The first-order chi connectivity index (χ1) is 12.9. The van der Waals surface area contributed by atoms with Crippen molar-refractivity contribution < 1.29 is 9.53 Å². The van der Waals surface area contributed by atoms with Crippen LogP contribution in [-0.4, -0.2) is 33.6 Å². The van der Waals surface area contributed by atoms with Gasteiger partial charge in [-0.3, -0.25) is 9.36 Å². The molecule has 4 atom stereocenters. The van der Waals surface area contributed by atoms with Gasteiger partial charge in [-0.15, -0.1) is 0 Å². The maximum absolute atomic E-state index is 12.7. The van der Waals surface area contributed by atoms with Crippen LogP contribution >= 0.6 is 0 Å². The van der Waals surface area contributed by atoms with Crippen molar-refractivity contribution in [3.63, 3.8) is 0 Å². The number of aryl methyl sites for hydroxylation is 1. The zero-order valence-electron chi connectivity index (χ0n) is 15.7. The van der Waals surface area contributed by atoms with Crippen LogP contribution < -0.4 is 16.3 Å². The number of nitrogens with one attached hydrogen (secondary N) is 2. The number of hydrogen-bond donors (Lipinski definition) is 2. The smallest absolute Gasteiger partial charge is 0.348 e. The van der Waals surface area contributed by atoms with Crippen LogP contribution in [0.2, 0.25) is 0 Å². The summed E-state index contributed by atoms with van der Waals surface area (Å²) in [7, 11) is 0. The van der Waals surface area contributed by atoms with Crippen LogP contribution in [0.3, 0.4) is 0 Å². The average molecular weight is 368 g/mol. The van der Waals surface area contributed by atoms with Crippen molar-refractivity contribution >= 4 is 11.7 Å². The zero-order chi connectivity index (χ0) is 19.2. The van der Waals surface area contributed by atoms with E-state index in [1.54, 1.807) is 30.5 Å². The average Bonchev–Trinajstić information content (AvgIpc) is 3.15. The molecule has 2 aromatic rings. The predicted molar refractivity (Wildman–Crippen MR) is 102 cm³/mol. The van der Waals surface area contributed by atoms with Crippen molar-refractivity contribution in [2.45, 2.75) is 45.1 Å². The number of fused-ring (bicyclic) bond motifs is 2. The third kappa shape index (κ3) is 2.87.